The first-order chi connectivity index (χ1) is 8.95. The molecule has 1 aliphatic rings. The van der Waals surface area contributed by atoms with Crippen molar-refractivity contribution in [2.45, 2.75) is 29.4 Å². The van der Waals surface area contributed by atoms with Gasteiger partial charge in [-0.2, -0.15) is 11.8 Å². The Labute approximate surface area is 119 Å². The molecule has 1 unspecified atom stereocenters. The lowest BCUT2D eigenvalue weighted by molar-refractivity contribution is 0.552. The molecule has 1 atom stereocenters. The van der Waals surface area contributed by atoms with Crippen molar-refractivity contribution >= 4 is 27.5 Å². The molecule has 19 heavy (non-hydrogen) atoms. The van der Waals surface area contributed by atoms with E-state index in [-0.39, 0.29) is 4.75 Å². The lowest BCUT2D eigenvalue weighted by atomic mass is 10.1. The first-order valence-electron chi connectivity index (χ1n) is 6.37. The first kappa shape index (κ1) is 14.7. The molecule has 1 fully saturated rings. The van der Waals surface area contributed by atoms with E-state index in [2.05, 4.69) is 17.0 Å². The molecule has 0 bridgehead atoms. The van der Waals surface area contributed by atoms with Crippen molar-refractivity contribution in [1.29, 1.82) is 0 Å². The summed E-state index contributed by atoms with van der Waals surface area (Å²) >= 11 is 1.85. The van der Waals surface area contributed by atoms with Crippen molar-refractivity contribution in [2.24, 2.45) is 0 Å². The third-order valence-corrected chi connectivity index (χ3v) is 6.35. The quantitative estimate of drug-likeness (QED) is 0.876. The van der Waals surface area contributed by atoms with Gasteiger partial charge in [0.05, 0.1) is 4.90 Å². The maximum absolute atomic E-state index is 12.2. The van der Waals surface area contributed by atoms with Crippen LogP contribution >= 0.6 is 11.8 Å². The van der Waals surface area contributed by atoms with Crippen LogP contribution in [-0.4, -0.2) is 32.5 Å². The Morgan fingerprint density at radius 2 is 2.00 bits per heavy atom. The molecule has 4 nitrogen and oxygen atoms in total. The van der Waals surface area contributed by atoms with Gasteiger partial charge in [-0.3, -0.25) is 0 Å². The van der Waals surface area contributed by atoms with Gasteiger partial charge in [-0.15, -0.1) is 0 Å². The van der Waals surface area contributed by atoms with Crippen molar-refractivity contribution in [3.05, 3.63) is 24.3 Å². The molecule has 2 N–H and O–H groups in total. The molecule has 106 valence electrons. The Bertz CT molecular complexity index is 520. The number of hydrogen-bond acceptors (Lipinski definition) is 4. The van der Waals surface area contributed by atoms with Crippen LogP contribution in [0.1, 0.15) is 19.8 Å². The summed E-state index contributed by atoms with van der Waals surface area (Å²) in [4.78, 5) is 0.318. The van der Waals surface area contributed by atoms with Crippen LogP contribution in [-0.2, 0) is 10.0 Å². The average molecular weight is 300 g/mol. The molecule has 0 amide bonds. The van der Waals surface area contributed by atoms with Crippen molar-refractivity contribution in [2.75, 3.05) is 24.7 Å². The van der Waals surface area contributed by atoms with E-state index in [4.69, 9.17) is 0 Å². The van der Waals surface area contributed by atoms with Gasteiger partial charge in [0.2, 0.25) is 10.0 Å². The fourth-order valence-electron chi connectivity index (χ4n) is 2.11. The zero-order valence-corrected chi connectivity index (χ0v) is 12.9. The third-order valence-electron chi connectivity index (χ3n) is 3.39. The molecule has 0 aliphatic carbocycles. The molecule has 1 aliphatic heterocycles. The van der Waals surface area contributed by atoms with Crippen LogP contribution in [0.2, 0.25) is 0 Å². The zero-order chi connectivity index (χ0) is 13.9. The highest BCUT2D eigenvalue weighted by Crippen LogP contribution is 2.37. The van der Waals surface area contributed by atoms with Crippen LogP contribution in [0.15, 0.2) is 29.2 Å². The molecule has 6 heteroatoms. The molecule has 1 heterocycles. The zero-order valence-electron chi connectivity index (χ0n) is 11.3. The van der Waals surface area contributed by atoms with E-state index in [9.17, 15) is 8.42 Å². The summed E-state index contributed by atoms with van der Waals surface area (Å²) < 4.78 is 27.1. The van der Waals surface area contributed by atoms with Gasteiger partial charge in [-0.1, -0.05) is 0 Å². The number of anilines is 1. The van der Waals surface area contributed by atoms with Crippen LogP contribution in [0.3, 0.4) is 0 Å². The Morgan fingerprint density at radius 3 is 2.53 bits per heavy atom. The van der Waals surface area contributed by atoms with Crippen molar-refractivity contribution < 1.29 is 8.42 Å². The van der Waals surface area contributed by atoms with Crippen LogP contribution in [0, 0.1) is 0 Å². The second kappa shape index (κ2) is 5.73. The number of hydrogen-bond donors (Lipinski definition) is 2. The number of nitrogens with one attached hydrogen (secondary N) is 2. The van der Waals surface area contributed by atoms with E-state index in [1.807, 2.05) is 11.8 Å². The second-order valence-corrected chi connectivity index (χ2v) is 8.45. The van der Waals surface area contributed by atoms with Crippen LogP contribution in [0.5, 0.6) is 0 Å². The summed E-state index contributed by atoms with van der Waals surface area (Å²) in [7, 11) is -1.60. The largest absolute Gasteiger partial charge is 0.388 e. The maximum atomic E-state index is 12.2. The van der Waals surface area contributed by atoms with Gasteiger partial charge in [0.15, 0.2) is 0 Å². The molecule has 0 aromatic heterocycles. The van der Waals surface area contributed by atoms with Crippen LogP contribution in [0.4, 0.5) is 5.69 Å². The first-order valence-corrected chi connectivity index (χ1v) is 8.84. The molecular formula is C13H20N2O2S2. The van der Waals surface area contributed by atoms with Gasteiger partial charge in [0.1, 0.15) is 0 Å². The van der Waals surface area contributed by atoms with Gasteiger partial charge in [0.25, 0.3) is 0 Å². The van der Waals surface area contributed by atoms with E-state index >= 15 is 0 Å². The predicted molar refractivity (Wildman–Crippen MR) is 81.3 cm³/mol. The van der Waals surface area contributed by atoms with Gasteiger partial charge in [-0.25, -0.2) is 13.1 Å². The minimum absolute atomic E-state index is 0.0397. The van der Waals surface area contributed by atoms with E-state index in [0.717, 1.165) is 17.9 Å². The average Bonchev–Trinajstić information content (AvgIpc) is 2.84. The highest BCUT2D eigenvalue weighted by molar-refractivity contribution is 8.01. The number of sulfonamides is 1. The Kier molecular flexibility index (Phi) is 4.43. The van der Waals surface area contributed by atoms with Crippen molar-refractivity contribution in [3.8, 4) is 0 Å². The number of rotatable bonds is 5. The summed E-state index contributed by atoms with van der Waals surface area (Å²) in [6.45, 7) is 2.62. The van der Waals surface area contributed by atoms with Crippen LogP contribution in [0.25, 0.3) is 0 Å². The molecule has 1 aromatic rings. The highest BCUT2D eigenvalue weighted by atomic mass is 32.2. The molecule has 2 rings (SSSR count). The molecular weight excluding hydrogens is 280 g/mol. The fraction of sp³-hybridized carbons (Fsp3) is 0.538. The summed E-state index contributed by atoms with van der Waals surface area (Å²) in [5.74, 6) is 1.12. The SMILES string of the molecule is CNc1ccc(S(=O)(=O)NCC2(C)CCCS2)cc1. The predicted octanol–water partition coefficient (Wildman–Crippen LogP) is 2.29. The van der Waals surface area contributed by atoms with Gasteiger partial charge < -0.3 is 5.32 Å². The minimum atomic E-state index is -3.40. The third kappa shape index (κ3) is 3.64. The van der Waals surface area contributed by atoms with Gasteiger partial charge >= 0.3 is 0 Å². The number of thioether (sulfide) groups is 1. The van der Waals surface area contributed by atoms with E-state index in [1.165, 1.54) is 6.42 Å². The van der Waals surface area contributed by atoms with E-state index < -0.39 is 10.0 Å². The Morgan fingerprint density at radius 1 is 1.32 bits per heavy atom. The van der Waals surface area contributed by atoms with Gasteiger partial charge in [0, 0.05) is 24.0 Å². The van der Waals surface area contributed by atoms with E-state index in [1.54, 1.807) is 31.3 Å². The Balaban J connectivity index is 2.05. The summed E-state index contributed by atoms with van der Waals surface area (Å²) in [6.07, 6.45) is 2.23. The highest BCUT2D eigenvalue weighted by Gasteiger charge is 2.31. The minimum Gasteiger partial charge on any atom is -0.388 e. The maximum Gasteiger partial charge on any atom is 0.240 e. The van der Waals surface area contributed by atoms with Gasteiger partial charge in [-0.05, 0) is 49.8 Å². The Hall–Kier alpha value is -0.720. The summed E-state index contributed by atoms with van der Waals surface area (Å²) in [5.41, 5.74) is 0.900. The van der Waals surface area contributed by atoms with E-state index in [0.29, 0.717) is 11.4 Å². The van der Waals surface area contributed by atoms with Crippen LogP contribution < -0.4 is 10.0 Å². The second-order valence-electron chi connectivity index (χ2n) is 5.00. The fourth-order valence-corrected chi connectivity index (χ4v) is 4.61. The molecule has 1 aromatic carbocycles. The normalized spacial score (nSPS) is 23.5. The standard InChI is InChI=1S/C13H20N2O2S2/c1-13(8-3-9-18-13)10-15-19(16,17)12-6-4-11(14-2)5-7-12/h4-7,14-15H,3,8-10H2,1-2H3. The topological polar surface area (TPSA) is 58.2 Å². The molecule has 0 saturated carbocycles. The smallest absolute Gasteiger partial charge is 0.240 e. The molecule has 0 radical (unpaired) electrons. The van der Waals surface area contributed by atoms with Crippen molar-refractivity contribution in [3.63, 3.8) is 0 Å². The summed E-state index contributed by atoms with van der Waals surface area (Å²) in [5, 5.41) is 2.97. The number of benzene rings is 1. The monoisotopic (exact) mass is 300 g/mol. The summed E-state index contributed by atoms with van der Waals surface area (Å²) in [6, 6.07) is 6.78. The lowest BCUT2D eigenvalue weighted by Crippen LogP contribution is -2.36. The molecule has 0 spiro atoms. The molecule has 1 saturated heterocycles. The lowest BCUT2D eigenvalue weighted by Gasteiger charge is -2.22. The van der Waals surface area contributed by atoms with Crippen molar-refractivity contribution in [1.82, 2.24) is 4.72 Å².